The molecule has 2 aromatic rings. The molecule has 1 aromatic carbocycles. The van der Waals surface area contributed by atoms with Crippen LogP contribution in [0.2, 0.25) is 0 Å². The zero-order valence-corrected chi connectivity index (χ0v) is 13.1. The Labute approximate surface area is 139 Å². The molecule has 0 aliphatic carbocycles. The van der Waals surface area contributed by atoms with Crippen molar-refractivity contribution < 1.29 is 4.92 Å². The van der Waals surface area contributed by atoms with Crippen molar-refractivity contribution in [1.82, 2.24) is 9.88 Å². The van der Waals surface area contributed by atoms with Crippen molar-refractivity contribution in [3.05, 3.63) is 63.8 Å². The summed E-state index contributed by atoms with van der Waals surface area (Å²) >= 11 is 0. The van der Waals surface area contributed by atoms with Crippen molar-refractivity contribution in [1.29, 1.82) is 5.26 Å². The minimum Gasteiger partial charge on any atom is -0.354 e. The van der Waals surface area contributed by atoms with Gasteiger partial charge in [-0.3, -0.25) is 15.0 Å². The molecule has 1 aliphatic rings. The lowest BCUT2D eigenvalue weighted by Crippen LogP contribution is -2.46. The second-order valence-electron chi connectivity index (χ2n) is 5.66. The van der Waals surface area contributed by atoms with Gasteiger partial charge >= 0.3 is 0 Å². The van der Waals surface area contributed by atoms with Crippen molar-refractivity contribution in [2.45, 2.75) is 6.54 Å². The van der Waals surface area contributed by atoms with Crippen molar-refractivity contribution in [2.75, 3.05) is 31.1 Å². The van der Waals surface area contributed by atoms with Gasteiger partial charge in [0.2, 0.25) is 0 Å². The highest BCUT2D eigenvalue weighted by molar-refractivity contribution is 5.43. The summed E-state index contributed by atoms with van der Waals surface area (Å²) < 4.78 is 0. The van der Waals surface area contributed by atoms with Crippen LogP contribution in [0.15, 0.2) is 42.6 Å². The molecule has 0 unspecified atom stereocenters. The Morgan fingerprint density at radius 1 is 1.17 bits per heavy atom. The average molecular weight is 323 g/mol. The SMILES string of the molecule is N#Cc1ccccc1CN1CCN(c2ccc([N+](=O)[O-])cn2)CC1. The van der Waals surface area contributed by atoms with Gasteiger partial charge < -0.3 is 4.90 Å². The van der Waals surface area contributed by atoms with E-state index in [4.69, 9.17) is 5.26 Å². The highest BCUT2D eigenvalue weighted by Gasteiger charge is 2.19. The Morgan fingerprint density at radius 2 is 1.92 bits per heavy atom. The van der Waals surface area contributed by atoms with E-state index in [1.165, 1.54) is 12.3 Å². The van der Waals surface area contributed by atoms with Crippen LogP contribution in [-0.4, -0.2) is 41.0 Å². The largest absolute Gasteiger partial charge is 0.354 e. The topological polar surface area (TPSA) is 86.3 Å². The highest BCUT2D eigenvalue weighted by atomic mass is 16.6. The summed E-state index contributed by atoms with van der Waals surface area (Å²) in [6.07, 6.45) is 1.30. The lowest BCUT2D eigenvalue weighted by atomic mass is 10.1. The number of pyridine rings is 1. The number of nitro groups is 1. The van der Waals surface area contributed by atoms with Gasteiger partial charge in [-0.05, 0) is 17.7 Å². The monoisotopic (exact) mass is 323 g/mol. The van der Waals surface area contributed by atoms with Crippen LogP contribution in [0, 0.1) is 21.4 Å². The summed E-state index contributed by atoms with van der Waals surface area (Å²) in [5.74, 6) is 0.762. The van der Waals surface area contributed by atoms with Gasteiger partial charge in [0.1, 0.15) is 12.0 Å². The Balaban J connectivity index is 1.59. The molecule has 3 rings (SSSR count). The molecule has 2 heterocycles. The summed E-state index contributed by atoms with van der Waals surface area (Å²) in [6.45, 7) is 4.08. The van der Waals surface area contributed by atoms with E-state index in [2.05, 4.69) is 20.9 Å². The molecule has 0 saturated carbocycles. The Hall–Kier alpha value is -2.98. The summed E-state index contributed by atoms with van der Waals surface area (Å²) in [4.78, 5) is 18.8. The molecule has 1 aromatic heterocycles. The lowest BCUT2D eigenvalue weighted by molar-refractivity contribution is -0.385. The fourth-order valence-corrected chi connectivity index (χ4v) is 2.82. The first kappa shape index (κ1) is 15.9. The van der Waals surface area contributed by atoms with Crippen LogP contribution in [0.4, 0.5) is 11.5 Å². The molecule has 0 bridgehead atoms. The maximum atomic E-state index is 10.7. The molecule has 1 aliphatic heterocycles. The van der Waals surface area contributed by atoms with Gasteiger partial charge in [-0.2, -0.15) is 5.26 Å². The first-order valence-electron chi connectivity index (χ1n) is 7.73. The first-order valence-corrected chi connectivity index (χ1v) is 7.73. The number of nitriles is 1. The van der Waals surface area contributed by atoms with E-state index >= 15 is 0 Å². The van der Waals surface area contributed by atoms with Gasteiger partial charge in [0.15, 0.2) is 0 Å². The zero-order valence-electron chi connectivity index (χ0n) is 13.1. The molecule has 1 saturated heterocycles. The van der Waals surface area contributed by atoms with Crippen molar-refractivity contribution >= 4 is 11.5 Å². The smallest absolute Gasteiger partial charge is 0.287 e. The van der Waals surface area contributed by atoms with Crippen LogP contribution < -0.4 is 4.90 Å². The molecule has 0 N–H and O–H groups in total. The van der Waals surface area contributed by atoms with E-state index in [-0.39, 0.29) is 5.69 Å². The Bertz CT molecular complexity index is 761. The minimum absolute atomic E-state index is 0.00509. The van der Waals surface area contributed by atoms with E-state index in [1.807, 2.05) is 24.3 Å². The summed E-state index contributed by atoms with van der Waals surface area (Å²) in [5.41, 5.74) is 1.77. The molecule has 122 valence electrons. The quantitative estimate of drug-likeness (QED) is 0.633. The third-order valence-electron chi connectivity index (χ3n) is 4.17. The van der Waals surface area contributed by atoms with E-state index < -0.39 is 4.92 Å². The lowest BCUT2D eigenvalue weighted by Gasteiger charge is -2.35. The molecular formula is C17H17N5O2. The summed E-state index contributed by atoms with van der Waals surface area (Å²) in [7, 11) is 0. The predicted molar refractivity (Wildman–Crippen MR) is 89.5 cm³/mol. The van der Waals surface area contributed by atoms with Gasteiger partial charge in [-0.15, -0.1) is 0 Å². The van der Waals surface area contributed by atoms with Crippen molar-refractivity contribution in [2.24, 2.45) is 0 Å². The van der Waals surface area contributed by atoms with Crippen LogP contribution in [0.25, 0.3) is 0 Å². The zero-order chi connectivity index (χ0) is 16.9. The fraction of sp³-hybridized carbons (Fsp3) is 0.294. The van der Waals surface area contributed by atoms with Crippen LogP contribution in [0.1, 0.15) is 11.1 Å². The standard InChI is InChI=1S/C17H17N5O2/c18-11-14-3-1-2-4-15(14)13-20-7-9-21(10-8-20)17-6-5-16(12-19-17)22(23)24/h1-6,12H,7-10,13H2. The average Bonchev–Trinajstić information content (AvgIpc) is 2.63. The third kappa shape index (κ3) is 3.50. The summed E-state index contributed by atoms with van der Waals surface area (Å²) in [6, 6.07) is 13.1. The van der Waals surface area contributed by atoms with E-state index in [0.717, 1.165) is 49.7 Å². The number of piperazine rings is 1. The molecule has 0 amide bonds. The fourth-order valence-electron chi connectivity index (χ4n) is 2.82. The Morgan fingerprint density at radius 3 is 2.54 bits per heavy atom. The van der Waals surface area contributed by atoms with Crippen LogP contribution in [0.5, 0.6) is 0 Å². The van der Waals surface area contributed by atoms with Crippen molar-refractivity contribution in [3.63, 3.8) is 0 Å². The first-order chi connectivity index (χ1) is 11.7. The number of hydrogen-bond donors (Lipinski definition) is 0. The second kappa shape index (κ2) is 7.06. The van der Waals surface area contributed by atoms with Crippen LogP contribution in [-0.2, 0) is 6.54 Å². The molecule has 0 spiro atoms. The molecule has 0 atom stereocenters. The maximum Gasteiger partial charge on any atom is 0.287 e. The van der Waals surface area contributed by atoms with E-state index in [9.17, 15) is 10.1 Å². The molecule has 7 heteroatoms. The second-order valence-corrected chi connectivity index (χ2v) is 5.66. The number of rotatable bonds is 4. The number of aromatic nitrogens is 1. The van der Waals surface area contributed by atoms with E-state index in [1.54, 1.807) is 6.07 Å². The van der Waals surface area contributed by atoms with Crippen LogP contribution in [0.3, 0.4) is 0 Å². The van der Waals surface area contributed by atoms with Gasteiger partial charge in [0, 0.05) is 38.8 Å². The van der Waals surface area contributed by atoms with E-state index in [0.29, 0.717) is 0 Å². The highest BCUT2D eigenvalue weighted by Crippen LogP contribution is 2.18. The molecular weight excluding hydrogens is 306 g/mol. The molecule has 24 heavy (non-hydrogen) atoms. The maximum absolute atomic E-state index is 10.7. The predicted octanol–water partition coefficient (Wildman–Crippen LogP) is 2.18. The minimum atomic E-state index is -0.443. The van der Waals surface area contributed by atoms with Gasteiger partial charge in [0.25, 0.3) is 5.69 Å². The third-order valence-corrected chi connectivity index (χ3v) is 4.17. The Kier molecular flexibility index (Phi) is 4.68. The van der Waals surface area contributed by atoms with Gasteiger partial charge in [-0.25, -0.2) is 4.98 Å². The number of hydrogen-bond acceptors (Lipinski definition) is 6. The van der Waals surface area contributed by atoms with Gasteiger partial charge in [0.05, 0.1) is 16.6 Å². The van der Waals surface area contributed by atoms with Crippen molar-refractivity contribution in [3.8, 4) is 6.07 Å². The molecule has 7 nitrogen and oxygen atoms in total. The number of anilines is 1. The van der Waals surface area contributed by atoms with Gasteiger partial charge in [-0.1, -0.05) is 18.2 Å². The number of nitrogens with zero attached hydrogens (tertiary/aromatic N) is 5. The van der Waals surface area contributed by atoms with Crippen LogP contribution >= 0.6 is 0 Å². The normalized spacial score (nSPS) is 15.0. The number of benzene rings is 1. The molecule has 1 fully saturated rings. The summed E-state index contributed by atoms with van der Waals surface area (Å²) in [5, 5.41) is 19.8. The molecule has 0 radical (unpaired) electrons.